The van der Waals surface area contributed by atoms with E-state index in [0.717, 1.165) is 105 Å². The third kappa shape index (κ3) is 15.2. The van der Waals surface area contributed by atoms with Crippen LogP contribution in [-0.2, 0) is 35.0 Å². The summed E-state index contributed by atoms with van der Waals surface area (Å²) in [5.41, 5.74) is 12.5. The van der Waals surface area contributed by atoms with Crippen LogP contribution < -0.4 is 10.8 Å². The molecule has 508 valence electrons. The van der Waals surface area contributed by atoms with Crippen molar-refractivity contribution in [3.8, 4) is 22.5 Å². The van der Waals surface area contributed by atoms with Gasteiger partial charge in [0, 0.05) is 68.6 Å². The first kappa shape index (κ1) is 70.6. The molecule has 4 saturated heterocycles. The summed E-state index contributed by atoms with van der Waals surface area (Å²) in [7, 11) is -0.394. The lowest BCUT2D eigenvalue weighted by Gasteiger charge is -2.43. The number of carbonyl (C=O) groups excluding carboxylic acids is 2. The first-order valence-corrected chi connectivity index (χ1v) is 36.6. The molecule has 8 heterocycles. The SMILES string of the molecule is CC(C)(C)OC(=O)N1CCC(c2ccc(Cl)cc2)(c2ccc(-c3ncnc4ccsc34)cc2)CC1.CC(C)(C)OC(=O)N1CCC(c2ccc(Cl)cc2)(c2ccc(B3OC(C)(C)C(C)(C)O3)cc2)CC1.Clc1ccc(C2(c3ccc(-c4ncnc5ccsc45)cc3)CCNCC2)cc1. The van der Waals surface area contributed by atoms with E-state index in [-0.39, 0.29) is 39.6 Å². The topological polar surface area (TPSA) is 141 Å². The van der Waals surface area contributed by atoms with Crippen molar-refractivity contribution in [2.75, 3.05) is 39.3 Å². The molecule has 0 aliphatic carbocycles. The van der Waals surface area contributed by atoms with Crippen LogP contribution in [0.4, 0.5) is 9.59 Å². The average molecular weight is 1410 g/mol. The van der Waals surface area contributed by atoms with Crippen LogP contribution in [0.1, 0.15) is 141 Å². The maximum atomic E-state index is 12.7. The Morgan fingerprint density at radius 2 is 0.755 bits per heavy atom. The molecule has 4 fully saturated rings. The summed E-state index contributed by atoms with van der Waals surface area (Å²) in [5, 5.41) is 9.84. The molecule has 19 heteroatoms. The van der Waals surface area contributed by atoms with E-state index in [1.807, 2.05) is 105 Å². The van der Waals surface area contributed by atoms with Gasteiger partial charge < -0.3 is 33.9 Å². The number of likely N-dealkylation sites (tertiary alicyclic amines) is 2. The zero-order valence-electron chi connectivity index (χ0n) is 57.5. The predicted octanol–water partition coefficient (Wildman–Crippen LogP) is 19.0. The molecule has 0 radical (unpaired) electrons. The van der Waals surface area contributed by atoms with Crippen LogP contribution >= 0.6 is 57.5 Å². The molecule has 4 aromatic heterocycles. The molecular weight excluding hydrogens is 1320 g/mol. The molecule has 14 rings (SSSR count). The van der Waals surface area contributed by atoms with E-state index in [4.69, 9.17) is 53.6 Å². The Morgan fingerprint density at radius 1 is 0.449 bits per heavy atom. The number of carbonyl (C=O) groups is 2. The third-order valence-corrected chi connectivity index (χ3v) is 22.7. The normalized spacial score (nSPS) is 17.9. The van der Waals surface area contributed by atoms with E-state index in [2.05, 4.69) is 168 Å². The molecule has 13 nitrogen and oxygen atoms in total. The summed E-state index contributed by atoms with van der Waals surface area (Å²) in [6, 6.07) is 54.9. The van der Waals surface area contributed by atoms with Gasteiger partial charge in [-0.3, -0.25) is 0 Å². The fourth-order valence-corrected chi connectivity index (χ4v) is 16.1. The highest BCUT2D eigenvalue weighted by Gasteiger charge is 2.52. The van der Waals surface area contributed by atoms with Gasteiger partial charge in [-0.1, -0.05) is 144 Å². The van der Waals surface area contributed by atoms with Gasteiger partial charge in [0.25, 0.3) is 0 Å². The lowest BCUT2D eigenvalue weighted by atomic mass is 9.67. The van der Waals surface area contributed by atoms with E-state index >= 15 is 0 Å². The first-order valence-electron chi connectivity index (χ1n) is 33.7. The van der Waals surface area contributed by atoms with E-state index in [9.17, 15) is 9.59 Å². The fourth-order valence-electron chi connectivity index (χ4n) is 14.0. The van der Waals surface area contributed by atoms with E-state index in [0.29, 0.717) is 36.2 Å². The number of amides is 2. The van der Waals surface area contributed by atoms with E-state index in [1.165, 1.54) is 33.4 Å². The highest BCUT2D eigenvalue weighted by atomic mass is 35.5. The van der Waals surface area contributed by atoms with E-state index < -0.39 is 18.3 Å². The average Bonchev–Trinajstić information content (AvgIpc) is 1.09. The summed E-state index contributed by atoms with van der Waals surface area (Å²) < 4.78 is 26.0. The van der Waals surface area contributed by atoms with Crippen LogP contribution in [-0.4, -0.2) is 111 Å². The van der Waals surface area contributed by atoms with Gasteiger partial charge in [0.1, 0.15) is 23.9 Å². The van der Waals surface area contributed by atoms with Gasteiger partial charge in [-0.15, -0.1) is 22.7 Å². The summed E-state index contributed by atoms with van der Waals surface area (Å²) >= 11 is 21.9. The first-order chi connectivity index (χ1) is 46.7. The minimum Gasteiger partial charge on any atom is -0.444 e. The van der Waals surface area contributed by atoms with Crippen LogP contribution in [0.15, 0.2) is 181 Å². The minimum atomic E-state index is -0.509. The van der Waals surface area contributed by atoms with Gasteiger partial charge in [0.15, 0.2) is 0 Å². The van der Waals surface area contributed by atoms with Gasteiger partial charge in [0.2, 0.25) is 0 Å². The number of nitrogens with one attached hydrogen (secondary N) is 1. The number of aromatic nitrogens is 4. The third-order valence-electron chi connectivity index (χ3n) is 20.1. The summed E-state index contributed by atoms with van der Waals surface area (Å²) in [5.74, 6) is 0. The van der Waals surface area contributed by atoms with Crippen molar-refractivity contribution in [2.24, 2.45) is 0 Å². The van der Waals surface area contributed by atoms with Crippen molar-refractivity contribution in [3.05, 3.63) is 230 Å². The molecule has 10 aromatic rings. The summed E-state index contributed by atoms with van der Waals surface area (Å²) in [4.78, 5) is 46.9. The number of nitrogens with zero attached hydrogens (tertiary/aromatic N) is 6. The smallest absolute Gasteiger partial charge is 0.444 e. The molecule has 0 unspecified atom stereocenters. The maximum Gasteiger partial charge on any atom is 0.494 e. The molecule has 1 N–H and O–H groups in total. The Hall–Kier alpha value is -7.25. The van der Waals surface area contributed by atoms with Gasteiger partial charge in [0.05, 0.1) is 43.0 Å². The zero-order valence-corrected chi connectivity index (χ0v) is 61.4. The summed E-state index contributed by atoms with van der Waals surface area (Å²) in [6.45, 7) is 24.2. The fraction of sp³-hybridized carbons (Fsp3) is 0.367. The van der Waals surface area contributed by atoms with Gasteiger partial charge in [-0.2, -0.15) is 0 Å². The Bertz CT molecular complexity index is 4370. The standard InChI is InChI=1S/C28H37BClNO4.C28H28ClN3O2S.C23H20ClN3S/c1-25(2,3)33-24(32)31-18-16-28(17-19-31,21-10-14-23(30)15-11-21)20-8-12-22(13-9-20)29-34-26(4,5)27(6,7)35-29;1-27(2,3)34-26(33)32-15-13-28(14-16-32,21-8-10-22(29)11-9-21)20-6-4-19(5-7-20)24-25-23(12-17-35-25)30-18-31-24;24-19-7-5-18(6-8-19)23(10-12-25-13-11-23)17-3-1-16(2-4-17)21-22-20(9-14-28-22)26-15-27-21/h8-15H,16-19H2,1-7H3;4-12,17-18H,13-16H2,1-3H3;1-9,14-15,25H,10-13H2. The van der Waals surface area contributed by atoms with Crippen LogP contribution in [0.2, 0.25) is 15.1 Å². The number of hydrogen-bond donors (Lipinski definition) is 1. The largest absolute Gasteiger partial charge is 0.494 e. The number of benzene rings is 6. The van der Waals surface area contributed by atoms with Crippen LogP contribution in [0.25, 0.3) is 42.9 Å². The van der Waals surface area contributed by atoms with Crippen molar-refractivity contribution in [1.82, 2.24) is 35.1 Å². The Kier molecular flexibility index (Phi) is 20.7. The molecular formula is C79H85BCl3N7O6S2. The van der Waals surface area contributed by atoms with E-state index in [1.54, 1.807) is 35.3 Å². The monoisotopic (exact) mass is 1410 g/mol. The number of halogens is 3. The predicted molar refractivity (Wildman–Crippen MR) is 401 cm³/mol. The second-order valence-corrected chi connectivity index (χ2v) is 32.2. The van der Waals surface area contributed by atoms with Crippen molar-refractivity contribution in [2.45, 2.75) is 146 Å². The molecule has 4 aliphatic heterocycles. The number of rotatable bonds is 9. The number of hydrogen-bond acceptors (Lipinski definition) is 13. The molecule has 4 aliphatic rings. The Labute approximate surface area is 599 Å². The second kappa shape index (κ2) is 28.8. The van der Waals surface area contributed by atoms with Crippen molar-refractivity contribution in [3.63, 3.8) is 0 Å². The highest BCUT2D eigenvalue weighted by Crippen LogP contribution is 2.47. The van der Waals surface area contributed by atoms with Crippen molar-refractivity contribution in [1.29, 1.82) is 0 Å². The van der Waals surface area contributed by atoms with Crippen LogP contribution in [0, 0.1) is 0 Å². The Balaban J connectivity index is 0.000000141. The highest BCUT2D eigenvalue weighted by molar-refractivity contribution is 7.18. The zero-order chi connectivity index (χ0) is 69.3. The molecule has 0 spiro atoms. The molecule has 98 heavy (non-hydrogen) atoms. The van der Waals surface area contributed by atoms with Gasteiger partial charge in [-0.05, 0) is 219 Å². The van der Waals surface area contributed by atoms with Gasteiger partial charge >= 0.3 is 19.3 Å². The second-order valence-electron chi connectivity index (χ2n) is 29.0. The van der Waals surface area contributed by atoms with Crippen LogP contribution in [0.3, 0.4) is 0 Å². The number of piperidine rings is 3. The number of ether oxygens (including phenoxy) is 2. The van der Waals surface area contributed by atoms with Crippen LogP contribution in [0.5, 0.6) is 0 Å². The Morgan fingerprint density at radius 3 is 1.08 bits per heavy atom. The minimum absolute atomic E-state index is 0.0261. The molecule has 0 saturated carbocycles. The van der Waals surface area contributed by atoms with Gasteiger partial charge in [-0.25, -0.2) is 29.5 Å². The number of thiophene rings is 2. The maximum absolute atomic E-state index is 12.7. The summed E-state index contributed by atoms with van der Waals surface area (Å²) in [6.07, 6.45) is 8.13. The van der Waals surface area contributed by atoms with Crippen molar-refractivity contribution < 1.29 is 28.4 Å². The molecule has 0 atom stereocenters. The quantitative estimate of drug-likeness (QED) is 0.138. The molecule has 6 aromatic carbocycles. The number of fused-ring (bicyclic) bond motifs is 2. The molecule has 0 bridgehead atoms. The lowest BCUT2D eigenvalue weighted by molar-refractivity contribution is 0.00578. The molecule has 2 amide bonds. The lowest BCUT2D eigenvalue weighted by Crippen LogP contribution is -2.47. The van der Waals surface area contributed by atoms with Crippen molar-refractivity contribution >= 4 is 103 Å².